The second-order valence-corrected chi connectivity index (χ2v) is 6.43. The molecule has 0 saturated carbocycles. The van der Waals surface area contributed by atoms with Crippen molar-refractivity contribution < 1.29 is 4.79 Å². The average Bonchev–Trinajstić information content (AvgIpc) is 3.01. The summed E-state index contributed by atoms with van der Waals surface area (Å²) in [6, 6.07) is 7.94. The Bertz CT molecular complexity index is 787. The fourth-order valence-corrected chi connectivity index (χ4v) is 3.42. The van der Waals surface area contributed by atoms with Crippen molar-refractivity contribution in [1.29, 1.82) is 0 Å². The van der Waals surface area contributed by atoms with Gasteiger partial charge in [-0.1, -0.05) is 12.1 Å². The molecule has 118 valence electrons. The normalized spacial score (nSPS) is 19.3. The molecule has 1 aromatic heterocycles. The van der Waals surface area contributed by atoms with E-state index in [2.05, 4.69) is 11.8 Å². The molecule has 1 aliphatic heterocycles. The van der Waals surface area contributed by atoms with Crippen LogP contribution in [0.2, 0.25) is 0 Å². The van der Waals surface area contributed by atoms with Gasteiger partial charge in [-0.3, -0.25) is 4.79 Å². The Morgan fingerprint density at radius 3 is 2.87 bits per heavy atom. The molecule has 2 heterocycles. The Labute approximate surface area is 135 Å². The van der Waals surface area contributed by atoms with Crippen LogP contribution in [0.25, 0.3) is 11.3 Å². The molecule has 2 aliphatic rings. The van der Waals surface area contributed by atoms with Gasteiger partial charge in [0.1, 0.15) is 0 Å². The van der Waals surface area contributed by atoms with Crippen LogP contribution < -0.4 is 10.6 Å². The lowest BCUT2D eigenvalue weighted by Crippen LogP contribution is -2.46. The van der Waals surface area contributed by atoms with Gasteiger partial charge < -0.3 is 10.6 Å². The summed E-state index contributed by atoms with van der Waals surface area (Å²) in [7, 11) is 0. The van der Waals surface area contributed by atoms with Crippen LogP contribution in [0.1, 0.15) is 41.4 Å². The molecule has 1 saturated heterocycles. The Balaban J connectivity index is 1.84. The van der Waals surface area contributed by atoms with Crippen molar-refractivity contribution in [2.45, 2.75) is 38.6 Å². The van der Waals surface area contributed by atoms with Crippen molar-refractivity contribution in [3.63, 3.8) is 0 Å². The van der Waals surface area contributed by atoms with Crippen LogP contribution in [0.15, 0.2) is 24.3 Å². The molecule has 5 heteroatoms. The molecule has 1 atom stereocenters. The molecular formula is C18H20N4O. The third kappa shape index (κ3) is 2.36. The van der Waals surface area contributed by atoms with Crippen LogP contribution >= 0.6 is 0 Å². The number of carbonyl (C=O) groups is 1. The van der Waals surface area contributed by atoms with Crippen molar-refractivity contribution in [3.8, 4) is 11.3 Å². The third-order valence-corrected chi connectivity index (χ3v) is 4.92. The van der Waals surface area contributed by atoms with Gasteiger partial charge in [0.25, 0.3) is 0 Å². The minimum atomic E-state index is -0.408. The van der Waals surface area contributed by atoms with Crippen molar-refractivity contribution in [2.24, 2.45) is 5.73 Å². The standard InChI is InChI=1S/C18H20N4O/c1-11-8-9-22(11)18-20-15-7-3-6-14(15)16(21-18)12-4-2-5-13(10-12)17(19)23/h2,4-5,10-11H,3,6-9H2,1H3,(H2,19,23)/t11-/m0/s1. The summed E-state index contributed by atoms with van der Waals surface area (Å²) in [5.74, 6) is 0.415. The van der Waals surface area contributed by atoms with E-state index in [0.717, 1.165) is 48.7 Å². The van der Waals surface area contributed by atoms with E-state index in [0.29, 0.717) is 11.6 Å². The predicted octanol–water partition coefficient (Wildman–Crippen LogP) is 2.33. The number of carbonyl (C=O) groups excluding carboxylic acids is 1. The van der Waals surface area contributed by atoms with Crippen molar-refractivity contribution in [1.82, 2.24) is 9.97 Å². The summed E-state index contributed by atoms with van der Waals surface area (Å²) >= 11 is 0. The molecule has 2 N–H and O–H groups in total. The number of hydrogen-bond acceptors (Lipinski definition) is 4. The molecule has 2 aromatic rings. The molecule has 5 nitrogen and oxygen atoms in total. The van der Waals surface area contributed by atoms with Gasteiger partial charge in [0.15, 0.2) is 0 Å². The van der Waals surface area contributed by atoms with Gasteiger partial charge >= 0.3 is 0 Å². The van der Waals surface area contributed by atoms with Crippen molar-refractivity contribution >= 4 is 11.9 Å². The number of rotatable bonds is 3. The van der Waals surface area contributed by atoms with Gasteiger partial charge in [0.2, 0.25) is 11.9 Å². The van der Waals surface area contributed by atoms with E-state index in [4.69, 9.17) is 15.7 Å². The summed E-state index contributed by atoms with van der Waals surface area (Å²) in [4.78, 5) is 23.4. The van der Waals surface area contributed by atoms with Gasteiger partial charge in [0, 0.05) is 35.0 Å². The highest BCUT2D eigenvalue weighted by molar-refractivity contribution is 5.94. The summed E-state index contributed by atoms with van der Waals surface area (Å²) in [6.45, 7) is 3.22. The summed E-state index contributed by atoms with van der Waals surface area (Å²) in [5, 5.41) is 0. The van der Waals surface area contributed by atoms with Crippen LogP contribution in [0.4, 0.5) is 5.95 Å². The first kappa shape index (κ1) is 14.2. The molecule has 1 fully saturated rings. The molecule has 0 bridgehead atoms. The number of aryl methyl sites for hydroxylation is 1. The van der Waals surface area contributed by atoms with E-state index in [9.17, 15) is 4.79 Å². The highest BCUT2D eigenvalue weighted by Gasteiger charge is 2.29. The van der Waals surface area contributed by atoms with Crippen molar-refractivity contribution in [2.75, 3.05) is 11.4 Å². The molecule has 1 aromatic carbocycles. The third-order valence-electron chi connectivity index (χ3n) is 4.92. The largest absolute Gasteiger partial charge is 0.366 e. The van der Waals surface area contributed by atoms with Gasteiger partial charge in [-0.2, -0.15) is 0 Å². The number of nitrogens with zero attached hydrogens (tertiary/aromatic N) is 3. The zero-order valence-electron chi connectivity index (χ0n) is 13.2. The second kappa shape index (κ2) is 5.33. The number of nitrogens with two attached hydrogens (primary N) is 1. The van der Waals surface area contributed by atoms with Crippen LogP contribution in [0.3, 0.4) is 0 Å². The number of benzene rings is 1. The smallest absolute Gasteiger partial charge is 0.248 e. The lowest BCUT2D eigenvalue weighted by atomic mass is 10.0. The van der Waals surface area contributed by atoms with Gasteiger partial charge in [-0.15, -0.1) is 0 Å². The second-order valence-electron chi connectivity index (χ2n) is 6.43. The number of amides is 1. The maximum Gasteiger partial charge on any atom is 0.248 e. The van der Waals surface area contributed by atoms with E-state index in [1.54, 1.807) is 6.07 Å². The Kier molecular flexibility index (Phi) is 3.29. The molecule has 0 radical (unpaired) electrons. The van der Waals surface area contributed by atoms with Crippen LogP contribution in [-0.4, -0.2) is 28.5 Å². The molecule has 1 amide bonds. The number of aromatic nitrogens is 2. The molecule has 23 heavy (non-hydrogen) atoms. The topological polar surface area (TPSA) is 72.1 Å². The number of primary amides is 1. The minimum absolute atomic E-state index is 0.408. The van der Waals surface area contributed by atoms with Gasteiger partial charge in [0.05, 0.1) is 5.69 Å². The number of hydrogen-bond donors (Lipinski definition) is 1. The van der Waals surface area contributed by atoms with E-state index in [1.165, 1.54) is 12.0 Å². The lowest BCUT2D eigenvalue weighted by molar-refractivity contribution is 0.100. The highest BCUT2D eigenvalue weighted by atomic mass is 16.1. The van der Waals surface area contributed by atoms with E-state index in [1.807, 2.05) is 18.2 Å². The Hall–Kier alpha value is -2.43. The SMILES string of the molecule is C[C@H]1CCN1c1nc2c(c(-c3cccc(C(N)=O)c3)n1)CCC2. The van der Waals surface area contributed by atoms with Gasteiger partial charge in [-0.05, 0) is 44.7 Å². The lowest BCUT2D eigenvalue weighted by Gasteiger charge is -2.39. The number of anilines is 1. The molecule has 0 spiro atoms. The first-order valence-corrected chi connectivity index (χ1v) is 8.20. The Morgan fingerprint density at radius 2 is 2.17 bits per heavy atom. The maximum atomic E-state index is 11.5. The monoisotopic (exact) mass is 308 g/mol. The fraction of sp³-hybridized carbons (Fsp3) is 0.389. The van der Waals surface area contributed by atoms with Crippen molar-refractivity contribution in [3.05, 3.63) is 41.1 Å². The zero-order valence-corrected chi connectivity index (χ0v) is 13.2. The van der Waals surface area contributed by atoms with E-state index in [-0.39, 0.29) is 0 Å². The molecule has 0 unspecified atom stereocenters. The highest BCUT2D eigenvalue weighted by Crippen LogP contribution is 2.34. The minimum Gasteiger partial charge on any atom is -0.366 e. The van der Waals surface area contributed by atoms with Crippen LogP contribution in [-0.2, 0) is 12.8 Å². The first-order valence-electron chi connectivity index (χ1n) is 8.20. The summed E-state index contributed by atoms with van der Waals surface area (Å²) in [5.41, 5.74) is 10.2. The maximum absolute atomic E-state index is 11.5. The van der Waals surface area contributed by atoms with Gasteiger partial charge in [-0.25, -0.2) is 9.97 Å². The molecular weight excluding hydrogens is 288 g/mol. The van der Waals surface area contributed by atoms with E-state index < -0.39 is 5.91 Å². The summed E-state index contributed by atoms with van der Waals surface area (Å²) in [6.07, 6.45) is 4.31. The summed E-state index contributed by atoms with van der Waals surface area (Å²) < 4.78 is 0. The quantitative estimate of drug-likeness (QED) is 0.944. The fourth-order valence-electron chi connectivity index (χ4n) is 3.42. The first-order chi connectivity index (χ1) is 11.1. The van der Waals surface area contributed by atoms with Crippen LogP contribution in [0.5, 0.6) is 0 Å². The molecule has 1 aliphatic carbocycles. The van der Waals surface area contributed by atoms with E-state index >= 15 is 0 Å². The predicted molar refractivity (Wildman–Crippen MR) is 89.4 cm³/mol. The average molecular weight is 308 g/mol. The molecule has 4 rings (SSSR count). The number of fused-ring (bicyclic) bond motifs is 1. The Morgan fingerprint density at radius 1 is 1.30 bits per heavy atom. The zero-order chi connectivity index (χ0) is 16.0. The van der Waals surface area contributed by atoms with Crippen LogP contribution in [0, 0.1) is 0 Å².